The first-order chi connectivity index (χ1) is 14.1. The summed E-state index contributed by atoms with van der Waals surface area (Å²) in [7, 11) is 0. The molecule has 2 aromatic rings. The van der Waals surface area contributed by atoms with Gasteiger partial charge in [0.1, 0.15) is 11.5 Å². The topological polar surface area (TPSA) is 40.5 Å². The number of hydrogen-bond donors (Lipinski definition) is 2. The zero-order valence-electron chi connectivity index (χ0n) is 23.2. The second-order valence-electron chi connectivity index (χ2n) is 13.4. The average Bonchev–Trinajstić information content (AvgIpc) is 2.56. The van der Waals surface area contributed by atoms with Gasteiger partial charge in [0.05, 0.1) is 0 Å². The quantitative estimate of drug-likeness (QED) is 0.430. The lowest BCUT2D eigenvalue weighted by atomic mass is 9.79. The normalized spacial score (nSPS) is 12.9. The molecule has 0 aliphatic carbocycles. The molecule has 0 saturated carbocycles. The van der Waals surface area contributed by atoms with E-state index in [1.807, 2.05) is 13.8 Å². The molecule has 0 bridgehead atoms. The molecule has 0 aromatic heterocycles. The van der Waals surface area contributed by atoms with Crippen LogP contribution in [0.1, 0.15) is 116 Å². The highest BCUT2D eigenvalue weighted by Gasteiger charge is 2.24. The fraction of sp³-hybridized carbons (Fsp3) is 0.600. The average molecular weight is 441 g/mol. The molecule has 32 heavy (non-hydrogen) atoms. The lowest BCUT2D eigenvalue weighted by Gasteiger charge is -2.27. The maximum absolute atomic E-state index is 10.1. The van der Waals surface area contributed by atoms with E-state index in [0.717, 1.165) is 22.3 Å². The predicted molar refractivity (Wildman–Crippen MR) is 140 cm³/mol. The highest BCUT2D eigenvalue weighted by molar-refractivity contribution is 5.49. The molecule has 0 aliphatic rings. The molecule has 0 aliphatic heterocycles. The Hall–Kier alpha value is -1.96. The number of phenolic OH excluding ortho intramolecular Hbond substituents is 2. The molecule has 0 radical (unpaired) electrons. The fourth-order valence-corrected chi connectivity index (χ4v) is 3.57. The van der Waals surface area contributed by atoms with Crippen LogP contribution in [0.3, 0.4) is 0 Å². The SMILES string of the molecule is Cc1cc(C(C)(C)C)cc(C(C)(C)C)c1O.Cc1cc(C(C)(C)C)cc(C(C)(C)C)c1O. The Morgan fingerprint density at radius 2 is 0.688 bits per heavy atom. The zero-order valence-corrected chi connectivity index (χ0v) is 23.2. The smallest absolute Gasteiger partial charge is 0.122 e. The summed E-state index contributed by atoms with van der Waals surface area (Å²) in [6, 6.07) is 8.46. The van der Waals surface area contributed by atoms with E-state index in [9.17, 15) is 10.2 Å². The van der Waals surface area contributed by atoms with Crippen LogP contribution >= 0.6 is 0 Å². The summed E-state index contributed by atoms with van der Waals surface area (Å²) >= 11 is 0. The van der Waals surface area contributed by atoms with E-state index >= 15 is 0 Å². The fourth-order valence-electron chi connectivity index (χ4n) is 3.57. The number of rotatable bonds is 0. The van der Waals surface area contributed by atoms with Gasteiger partial charge in [0, 0.05) is 0 Å². The number of benzene rings is 2. The van der Waals surface area contributed by atoms with Gasteiger partial charge in [-0.25, -0.2) is 0 Å². The van der Waals surface area contributed by atoms with Crippen LogP contribution in [-0.2, 0) is 21.7 Å². The first kappa shape index (κ1) is 28.1. The predicted octanol–water partition coefficient (Wildman–Crippen LogP) is 8.59. The van der Waals surface area contributed by atoms with Gasteiger partial charge in [0.25, 0.3) is 0 Å². The van der Waals surface area contributed by atoms with E-state index in [0.29, 0.717) is 11.5 Å². The van der Waals surface area contributed by atoms with Crippen molar-refractivity contribution in [3.8, 4) is 11.5 Å². The number of aromatic hydroxyl groups is 2. The lowest BCUT2D eigenvalue weighted by molar-refractivity contribution is 0.440. The monoisotopic (exact) mass is 440 g/mol. The van der Waals surface area contributed by atoms with E-state index in [-0.39, 0.29) is 21.7 Å². The summed E-state index contributed by atoms with van der Waals surface area (Å²) in [4.78, 5) is 0. The van der Waals surface area contributed by atoms with Crippen molar-refractivity contribution < 1.29 is 10.2 Å². The molecule has 2 aromatic carbocycles. The Morgan fingerprint density at radius 3 is 0.875 bits per heavy atom. The summed E-state index contributed by atoms with van der Waals surface area (Å²) < 4.78 is 0. The molecule has 2 N–H and O–H groups in total. The van der Waals surface area contributed by atoms with Gasteiger partial charge < -0.3 is 10.2 Å². The highest BCUT2D eigenvalue weighted by atomic mass is 16.3. The van der Waals surface area contributed by atoms with Crippen molar-refractivity contribution >= 4 is 0 Å². The molecule has 0 atom stereocenters. The lowest BCUT2D eigenvalue weighted by Crippen LogP contribution is -2.17. The van der Waals surface area contributed by atoms with Crippen molar-refractivity contribution in [3.63, 3.8) is 0 Å². The maximum Gasteiger partial charge on any atom is 0.122 e. The largest absolute Gasteiger partial charge is 0.507 e. The standard InChI is InChI=1S/2C15H24O/c2*1-10-8-11(14(2,3)4)9-12(13(10)16)15(5,6)7/h2*8-9,16H,1-7H3. The van der Waals surface area contributed by atoms with E-state index in [1.165, 1.54) is 11.1 Å². The second-order valence-corrected chi connectivity index (χ2v) is 13.4. The Bertz CT molecular complexity index is 858. The summed E-state index contributed by atoms with van der Waals surface area (Å²) in [5, 5.41) is 20.2. The van der Waals surface area contributed by atoms with Gasteiger partial charge >= 0.3 is 0 Å². The van der Waals surface area contributed by atoms with Gasteiger partial charge in [0.15, 0.2) is 0 Å². The number of aryl methyl sites for hydroxylation is 2. The van der Waals surface area contributed by atoms with Crippen molar-refractivity contribution in [2.24, 2.45) is 0 Å². The molecule has 2 nitrogen and oxygen atoms in total. The Kier molecular flexibility index (Phi) is 8.00. The Labute approximate surface area is 198 Å². The van der Waals surface area contributed by atoms with Crippen LogP contribution in [-0.4, -0.2) is 10.2 Å². The third-order valence-corrected chi connectivity index (χ3v) is 5.95. The van der Waals surface area contributed by atoms with Gasteiger partial charge in [-0.05, 0) is 68.9 Å². The first-order valence-electron chi connectivity index (χ1n) is 11.8. The Morgan fingerprint density at radius 1 is 0.438 bits per heavy atom. The van der Waals surface area contributed by atoms with E-state index in [1.54, 1.807) is 0 Å². The molecule has 0 amide bonds. The van der Waals surface area contributed by atoms with Crippen LogP contribution in [0.2, 0.25) is 0 Å². The van der Waals surface area contributed by atoms with Crippen LogP contribution in [0.15, 0.2) is 24.3 Å². The molecule has 0 saturated heterocycles. The summed E-state index contributed by atoms with van der Waals surface area (Å²) in [6.07, 6.45) is 0. The molecular weight excluding hydrogens is 392 g/mol. The summed E-state index contributed by atoms with van der Waals surface area (Å²) in [5.74, 6) is 0.890. The maximum atomic E-state index is 10.1. The van der Waals surface area contributed by atoms with Gasteiger partial charge in [-0.15, -0.1) is 0 Å². The van der Waals surface area contributed by atoms with Crippen LogP contribution in [0.4, 0.5) is 0 Å². The minimum Gasteiger partial charge on any atom is -0.507 e. The third kappa shape index (κ3) is 7.02. The number of phenols is 2. The van der Waals surface area contributed by atoms with Crippen molar-refractivity contribution in [1.29, 1.82) is 0 Å². The molecule has 2 rings (SSSR count). The minimum atomic E-state index is -0.0178. The molecule has 180 valence electrons. The molecule has 0 fully saturated rings. The van der Waals surface area contributed by atoms with Crippen LogP contribution in [0.25, 0.3) is 0 Å². The third-order valence-electron chi connectivity index (χ3n) is 5.95. The second kappa shape index (κ2) is 9.12. The van der Waals surface area contributed by atoms with Gasteiger partial charge in [-0.3, -0.25) is 0 Å². The zero-order chi connectivity index (χ0) is 25.4. The molecule has 0 heterocycles. The molecular formula is C30H48O2. The minimum absolute atomic E-state index is 0.0178. The van der Waals surface area contributed by atoms with Gasteiger partial charge in [-0.2, -0.15) is 0 Å². The van der Waals surface area contributed by atoms with Crippen LogP contribution in [0.5, 0.6) is 11.5 Å². The van der Waals surface area contributed by atoms with Crippen molar-refractivity contribution in [3.05, 3.63) is 57.6 Å². The van der Waals surface area contributed by atoms with Crippen molar-refractivity contribution in [2.45, 2.75) is 119 Å². The van der Waals surface area contributed by atoms with Gasteiger partial charge in [0.2, 0.25) is 0 Å². The van der Waals surface area contributed by atoms with Crippen molar-refractivity contribution in [1.82, 2.24) is 0 Å². The van der Waals surface area contributed by atoms with E-state index in [4.69, 9.17) is 0 Å². The molecule has 0 spiro atoms. The summed E-state index contributed by atoms with van der Waals surface area (Å²) in [5.41, 5.74) is 6.80. The first-order valence-corrected chi connectivity index (χ1v) is 11.8. The number of hydrogen-bond acceptors (Lipinski definition) is 2. The molecule has 2 heteroatoms. The Balaban J connectivity index is 0.000000320. The van der Waals surface area contributed by atoms with E-state index in [2.05, 4.69) is 107 Å². The van der Waals surface area contributed by atoms with Crippen LogP contribution in [0, 0.1) is 13.8 Å². The van der Waals surface area contributed by atoms with Crippen LogP contribution < -0.4 is 0 Å². The highest BCUT2D eigenvalue weighted by Crippen LogP contribution is 2.38. The molecule has 0 unspecified atom stereocenters. The van der Waals surface area contributed by atoms with E-state index < -0.39 is 0 Å². The van der Waals surface area contributed by atoms with Gasteiger partial charge in [-0.1, -0.05) is 107 Å². The summed E-state index contributed by atoms with van der Waals surface area (Å²) in [6.45, 7) is 29.9. The van der Waals surface area contributed by atoms with Crippen molar-refractivity contribution in [2.75, 3.05) is 0 Å².